The maximum absolute atomic E-state index is 11.2. The summed E-state index contributed by atoms with van der Waals surface area (Å²) in [5.74, 6) is 1.06. The summed E-state index contributed by atoms with van der Waals surface area (Å²) in [6, 6.07) is 6.00. The minimum Gasteiger partial charge on any atom is -0.356 e. The van der Waals surface area contributed by atoms with E-state index < -0.39 is 0 Å². The van der Waals surface area contributed by atoms with Gasteiger partial charge in [-0.3, -0.25) is 4.79 Å². The maximum atomic E-state index is 11.2. The number of ketones is 1. The molecule has 1 aliphatic rings. The largest absolute Gasteiger partial charge is 0.356 e. The Morgan fingerprint density at radius 3 is 2.82 bits per heavy atom. The zero-order valence-corrected chi connectivity index (χ0v) is 9.89. The average molecular weight is 229 g/mol. The fourth-order valence-electron chi connectivity index (χ4n) is 2.25. The number of anilines is 1. The standard InChI is InChI=1S/C13H15N3O/c1-16(11-4-6-12(17)7-5-11)13-10(9-14)3-2-8-15-13/h2-3,8,11H,4-7H2,1H3. The number of aromatic nitrogens is 1. The van der Waals surface area contributed by atoms with Crippen LogP contribution in [-0.2, 0) is 4.79 Å². The van der Waals surface area contributed by atoms with Gasteiger partial charge in [-0.2, -0.15) is 5.26 Å². The molecule has 0 saturated heterocycles. The van der Waals surface area contributed by atoms with E-state index in [1.807, 2.05) is 11.9 Å². The quantitative estimate of drug-likeness (QED) is 0.777. The summed E-state index contributed by atoms with van der Waals surface area (Å²) < 4.78 is 0. The van der Waals surface area contributed by atoms with Crippen molar-refractivity contribution in [3.05, 3.63) is 23.9 Å². The first-order chi connectivity index (χ1) is 8.22. The van der Waals surface area contributed by atoms with Gasteiger partial charge in [0.15, 0.2) is 0 Å². The smallest absolute Gasteiger partial charge is 0.146 e. The van der Waals surface area contributed by atoms with Gasteiger partial charge in [0, 0.05) is 32.1 Å². The third-order valence-corrected chi connectivity index (χ3v) is 3.30. The maximum Gasteiger partial charge on any atom is 0.146 e. The van der Waals surface area contributed by atoms with Crippen molar-refractivity contribution in [2.75, 3.05) is 11.9 Å². The van der Waals surface area contributed by atoms with Crippen molar-refractivity contribution >= 4 is 11.6 Å². The highest BCUT2D eigenvalue weighted by atomic mass is 16.1. The summed E-state index contributed by atoms with van der Waals surface area (Å²) in [7, 11) is 1.95. The lowest BCUT2D eigenvalue weighted by Crippen LogP contribution is -2.36. The Hall–Kier alpha value is -1.89. The molecular formula is C13H15N3O. The van der Waals surface area contributed by atoms with Crippen molar-refractivity contribution in [3.63, 3.8) is 0 Å². The molecule has 1 heterocycles. The second-order valence-electron chi connectivity index (χ2n) is 4.37. The SMILES string of the molecule is CN(c1ncccc1C#N)C1CCC(=O)CC1. The second kappa shape index (κ2) is 4.96. The predicted octanol–water partition coefficient (Wildman–Crippen LogP) is 1.90. The first kappa shape index (κ1) is 11.6. The lowest BCUT2D eigenvalue weighted by molar-refractivity contribution is -0.120. The Morgan fingerprint density at radius 2 is 2.18 bits per heavy atom. The highest BCUT2D eigenvalue weighted by Gasteiger charge is 2.24. The highest BCUT2D eigenvalue weighted by Crippen LogP contribution is 2.25. The van der Waals surface area contributed by atoms with Gasteiger partial charge in [0.05, 0.1) is 5.56 Å². The Kier molecular flexibility index (Phi) is 3.38. The number of Topliss-reactive ketones (excluding diaryl/α,β-unsaturated/α-hetero) is 1. The average Bonchev–Trinajstić information content (AvgIpc) is 2.39. The minimum atomic E-state index is 0.315. The van der Waals surface area contributed by atoms with Gasteiger partial charge in [0.1, 0.15) is 17.7 Å². The van der Waals surface area contributed by atoms with Gasteiger partial charge in [-0.1, -0.05) is 0 Å². The van der Waals surface area contributed by atoms with Crippen LogP contribution in [0.1, 0.15) is 31.2 Å². The molecule has 0 atom stereocenters. The van der Waals surface area contributed by atoms with E-state index >= 15 is 0 Å². The van der Waals surface area contributed by atoms with E-state index in [0.29, 0.717) is 36.0 Å². The molecule has 0 spiro atoms. The van der Waals surface area contributed by atoms with Gasteiger partial charge in [-0.15, -0.1) is 0 Å². The van der Waals surface area contributed by atoms with Crippen LogP contribution in [0.15, 0.2) is 18.3 Å². The van der Waals surface area contributed by atoms with Crippen molar-refractivity contribution in [2.24, 2.45) is 0 Å². The third kappa shape index (κ3) is 2.44. The molecule has 0 radical (unpaired) electrons. The first-order valence-electron chi connectivity index (χ1n) is 5.82. The predicted molar refractivity (Wildman–Crippen MR) is 64.6 cm³/mol. The monoisotopic (exact) mass is 229 g/mol. The molecule has 0 aromatic carbocycles. The van der Waals surface area contributed by atoms with Gasteiger partial charge >= 0.3 is 0 Å². The topological polar surface area (TPSA) is 57.0 Å². The molecule has 0 amide bonds. The highest BCUT2D eigenvalue weighted by molar-refractivity contribution is 5.79. The number of hydrogen-bond donors (Lipinski definition) is 0. The molecule has 1 aromatic rings. The molecule has 88 valence electrons. The van der Waals surface area contributed by atoms with E-state index in [4.69, 9.17) is 5.26 Å². The van der Waals surface area contributed by atoms with Crippen LogP contribution in [0.5, 0.6) is 0 Å². The van der Waals surface area contributed by atoms with Crippen LogP contribution in [0.3, 0.4) is 0 Å². The molecule has 0 bridgehead atoms. The van der Waals surface area contributed by atoms with Crippen LogP contribution < -0.4 is 4.90 Å². The molecule has 4 heteroatoms. The first-order valence-corrected chi connectivity index (χ1v) is 5.82. The van der Waals surface area contributed by atoms with Gasteiger partial charge in [0.25, 0.3) is 0 Å². The summed E-state index contributed by atoms with van der Waals surface area (Å²) in [5, 5.41) is 9.04. The number of carbonyl (C=O) groups is 1. The number of hydrogen-bond acceptors (Lipinski definition) is 4. The van der Waals surface area contributed by atoms with Crippen LogP contribution >= 0.6 is 0 Å². The summed E-state index contributed by atoms with van der Waals surface area (Å²) in [4.78, 5) is 17.5. The fourth-order valence-corrected chi connectivity index (χ4v) is 2.25. The van der Waals surface area contributed by atoms with Crippen LogP contribution in [-0.4, -0.2) is 23.9 Å². The van der Waals surface area contributed by atoms with Crippen LogP contribution in [0, 0.1) is 11.3 Å². The molecule has 4 nitrogen and oxygen atoms in total. The molecule has 0 aliphatic heterocycles. The molecular weight excluding hydrogens is 214 g/mol. The molecule has 1 aromatic heterocycles. The van der Waals surface area contributed by atoms with Crippen molar-refractivity contribution in [1.29, 1.82) is 5.26 Å². The zero-order chi connectivity index (χ0) is 12.3. The minimum absolute atomic E-state index is 0.315. The van der Waals surface area contributed by atoms with Gasteiger partial charge in [-0.25, -0.2) is 4.98 Å². The zero-order valence-electron chi connectivity index (χ0n) is 9.89. The molecule has 1 aliphatic carbocycles. The van der Waals surface area contributed by atoms with Crippen molar-refractivity contribution in [2.45, 2.75) is 31.7 Å². The number of nitrogens with zero attached hydrogens (tertiary/aromatic N) is 3. The van der Waals surface area contributed by atoms with Crippen molar-refractivity contribution < 1.29 is 4.79 Å². The molecule has 17 heavy (non-hydrogen) atoms. The molecule has 1 fully saturated rings. The normalized spacial score (nSPS) is 16.6. The van der Waals surface area contributed by atoms with Crippen molar-refractivity contribution in [3.8, 4) is 6.07 Å². The van der Waals surface area contributed by atoms with Gasteiger partial charge in [-0.05, 0) is 25.0 Å². The number of pyridine rings is 1. The van der Waals surface area contributed by atoms with E-state index in [1.54, 1.807) is 18.3 Å². The number of nitriles is 1. The number of carbonyl (C=O) groups excluding carboxylic acids is 1. The van der Waals surface area contributed by atoms with E-state index in [9.17, 15) is 4.79 Å². The Labute approximate surface area is 101 Å². The van der Waals surface area contributed by atoms with Crippen LogP contribution in [0.4, 0.5) is 5.82 Å². The summed E-state index contributed by atoms with van der Waals surface area (Å²) in [5.41, 5.74) is 0.590. The summed E-state index contributed by atoms with van der Waals surface area (Å²) in [6.07, 6.45) is 4.70. The molecule has 0 unspecified atom stereocenters. The number of rotatable bonds is 2. The molecule has 0 N–H and O–H groups in total. The Bertz CT molecular complexity index is 454. The fraction of sp³-hybridized carbons (Fsp3) is 0.462. The lowest BCUT2D eigenvalue weighted by atomic mass is 9.93. The van der Waals surface area contributed by atoms with E-state index in [2.05, 4.69) is 11.1 Å². The Morgan fingerprint density at radius 1 is 1.47 bits per heavy atom. The molecule has 1 saturated carbocycles. The summed E-state index contributed by atoms with van der Waals surface area (Å²) in [6.45, 7) is 0. The third-order valence-electron chi connectivity index (χ3n) is 3.30. The van der Waals surface area contributed by atoms with Crippen LogP contribution in [0.25, 0.3) is 0 Å². The summed E-state index contributed by atoms with van der Waals surface area (Å²) >= 11 is 0. The van der Waals surface area contributed by atoms with Gasteiger partial charge < -0.3 is 4.90 Å². The Balaban J connectivity index is 2.17. The van der Waals surface area contributed by atoms with Crippen molar-refractivity contribution in [1.82, 2.24) is 4.98 Å². The van der Waals surface area contributed by atoms with Crippen LogP contribution in [0.2, 0.25) is 0 Å². The lowest BCUT2D eigenvalue weighted by Gasteiger charge is -2.31. The van der Waals surface area contributed by atoms with E-state index in [0.717, 1.165) is 12.8 Å². The van der Waals surface area contributed by atoms with E-state index in [1.165, 1.54) is 0 Å². The van der Waals surface area contributed by atoms with E-state index in [-0.39, 0.29) is 0 Å². The van der Waals surface area contributed by atoms with Gasteiger partial charge in [0.2, 0.25) is 0 Å². The molecule has 2 rings (SSSR count). The second-order valence-corrected chi connectivity index (χ2v) is 4.37.